The van der Waals surface area contributed by atoms with Gasteiger partial charge in [0.1, 0.15) is 5.76 Å². The Labute approximate surface area is 166 Å². The molecule has 1 spiro atoms. The Morgan fingerprint density at radius 2 is 2.08 bits per heavy atom. The highest BCUT2D eigenvalue weighted by molar-refractivity contribution is 14.0. The largest absolute Gasteiger partial charge is 0.377 e. The molecule has 0 aromatic carbocycles. The Bertz CT molecular complexity index is 620. The van der Waals surface area contributed by atoms with Gasteiger partial charge in [-0.05, 0) is 33.1 Å². The summed E-state index contributed by atoms with van der Waals surface area (Å²) in [5.74, 6) is 2.38. The second-order valence-electron chi connectivity index (χ2n) is 7.53. The lowest BCUT2D eigenvalue weighted by molar-refractivity contribution is -0.125. The van der Waals surface area contributed by atoms with Gasteiger partial charge in [0.15, 0.2) is 5.96 Å². The molecule has 0 bridgehead atoms. The summed E-state index contributed by atoms with van der Waals surface area (Å²) >= 11 is 0. The van der Waals surface area contributed by atoms with E-state index in [-0.39, 0.29) is 24.0 Å². The summed E-state index contributed by atoms with van der Waals surface area (Å²) in [5.41, 5.74) is 2.39. The molecule has 1 aliphatic heterocycles. The van der Waals surface area contributed by atoms with Gasteiger partial charge in [-0.3, -0.25) is 4.99 Å². The SMILES string of the molecule is CN=C(NCc1c(C)noc1C)NC1C2CCOC2C12CCCC2.I. The molecule has 3 atom stereocenters. The molecule has 2 heterocycles. The van der Waals surface area contributed by atoms with Crippen LogP contribution in [0.3, 0.4) is 0 Å². The van der Waals surface area contributed by atoms with E-state index >= 15 is 0 Å². The minimum atomic E-state index is 0. The summed E-state index contributed by atoms with van der Waals surface area (Å²) in [6.45, 7) is 5.53. The van der Waals surface area contributed by atoms with Gasteiger partial charge in [0.05, 0.1) is 11.8 Å². The molecule has 1 aromatic rings. The third-order valence-corrected chi connectivity index (χ3v) is 6.42. The fourth-order valence-corrected chi connectivity index (χ4v) is 5.17. The van der Waals surface area contributed by atoms with Crippen molar-refractivity contribution < 1.29 is 9.26 Å². The number of aliphatic imine (C=N–C) groups is 1. The van der Waals surface area contributed by atoms with Crippen LogP contribution in [0.5, 0.6) is 0 Å². The molecular weight excluding hydrogens is 431 g/mol. The highest BCUT2D eigenvalue weighted by Crippen LogP contribution is 2.60. The quantitative estimate of drug-likeness (QED) is 0.413. The first kappa shape index (κ1) is 18.9. The standard InChI is InChI=1S/C18H28N4O2.HI/c1-11-14(12(2)24-22-11)10-20-17(19-3)21-15-13-6-9-23-16(13)18(15)7-4-5-8-18;/h13,15-16H,4-10H2,1-3H3,(H2,19,20,21);1H. The maximum absolute atomic E-state index is 6.06. The smallest absolute Gasteiger partial charge is 0.191 e. The van der Waals surface area contributed by atoms with Crippen molar-refractivity contribution in [3.63, 3.8) is 0 Å². The van der Waals surface area contributed by atoms with Gasteiger partial charge in [0.2, 0.25) is 0 Å². The Morgan fingerprint density at radius 3 is 2.72 bits per heavy atom. The number of fused-ring (bicyclic) bond motifs is 2. The Kier molecular flexibility index (Phi) is 5.63. The average Bonchev–Trinajstić information content (AvgIpc) is 3.29. The van der Waals surface area contributed by atoms with E-state index in [4.69, 9.17) is 9.26 Å². The van der Waals surface area contributed by atoms with Crippen molar-refractivity contribution in [3.05, 3.63) is 17.0 Å². The number of aryl methyl sites for hydroxylation is 2. The van der Waals surface area contributed by atoms with Gasteiger partial charge >= 0.3 is 0 Å². The van der Waals surface area contributed by atoms with Crippen LogP contribution < -0.4 is 10.6 Å². The van der Waals surface area contributed by atoms with Gasteiger partial charge in [-0.15, -0.1) is 24.0 Å². The highest BCUT2D eigenvalue weighted by atomic mass is 127. The van der Waals surface area contributed by atoms with Gasteiger partial charge in [0, 0.05) is 43.1 Å². The number of ether oxygens (including phenoxy) is 1. The molecule has 1 saturated heterocycles. The van der Waals surface area contributed by atoms with Crippen LogP contribution in [0.2, 0.25) is 0 Å². The average molecular weight is 460 g/mol. The number of nitrogens with one attached hydrogen (secondary N) is 2. The van der Waals surface area contributed by atoms with Crippen LogP contribution in [0.25, 0.3) is 0 Å². The summed E-state index contributed by atoms with van der Waals surface area (Å²) in [7, 11) is 1.84. The number of aromatic nitrogens is 1. The molecule has 3 aliphatic rings. The topological polar surface area (TPSA) is 71.7 Å². The molecule has 25 heavy (non-hydrogen) atoms. The van der Waals surface area contributed by atoms with Crippen LogP contribution in [-0.2, 0) is 11.3 Å². The molecule has 0 radical (unpaired) electrons. The van der Waals surface area contributed by atoms with E-state index in [2.05, 4.69) is 20.8 Å². The predicted molar refractivity (Wildman–Crippen MR) is 107 cm³/mol. The molecule has 1 aromatic heterocycles. The van der Waals surface area contributed by atoms with Crippen molar-refractivity contribution in [1.29, 1.82) is 0 Å². The maximum Gasteiger partial charge on any atom is 0.191 e. The third-order valence-electron chi connectivity index (χ3n) is 6.42. The summed E-state index contributed by atoms with van der Waals surface area (Å²) < 4.78 is 11.3. The van der Waals surface area contributed by atoms with Crippen LogP contribution in [0, 0.1) is 25.2 Å². The number of rotatable bonds is 3. The van der Waals surface area contributed by atoms with E-state index in [0.29, 0.717) is 30.0 Å². The first-order valence-electron chi connectivity index (χ1n) is 9.16. The molecule has 6 nitrogen and oxygen atoms in total. The normalized spacial score (nSPS) is 29.9. The van der Waals surface area contributed by atoms with Gasteiger partial charge in [-0.1, -0.05) is 18.0 Å². The van der Waals surface area contributed by atoms with Crippen molar-refractivity contribution in [1.82, 2.24) is 15.8 Å². The van der Waals surface area contributed by atoms with E-state index < -0.39 is 0 Å². The molecule has 3 fully saturated rings. The molecule has 3 unspecified atom stereocenters. The van der Waals surface area contributed by atoms with E-state index in [0.717, 1.165) is 29.6 Å². The number of hydrogen-bond donors (Lipinski definition) is 2. The second-order valence-corrected chi connectivity index (χ2v) is 7.53. The number of nitrogens with zero attached hydrogens (tertiary/aromatic N) is 2. The van der Waals surface area contributed by atoms with E-state index in [1.165, 1.54) is 32.1 Å². The number of halogens is 1. The van der Waals surface area contributed by atoms with Crippen LogP contribution in [-0.4, -0.2) is 36.9 Å². The molecule has 2 saturated carbocycles. The minimum absolute atomic E-state index is 0. The fourth-order valence-electron chi connectivity index (χ4n) is 5.17. The molecular formula is C18H29IN4O2. The first-order valence-corrected chi connectivity index (χ1v) is 9.16. The van der Waals surface area contributed by atoms with Gasteiger partial charge in [-0.25, -0.2) is 0 Å². The minimum Gasteiger partial charge on any atom is -0.377 e. The zero-order valence-corrected chi connectivity index (χ0v) is 17.6. The van der Waals surface area contributed by atoms with E-state index in [1.807, 2.05) is 20.9 Å². The van der Waals surface area contributed by atoms with Crippen molar-refractivity contribution in [2.75, 3.05) is 13.7 Å². The Morgan fingerprint density at radius 1 is 1.32 bits per heavy atom. The summed E-state index contributed by atoms with van der Waals surface area (Å²) in [5, 5.41) is 11.2. The zero-order chi connectivity index (χ0) is 16.7. The second kappa shape index (κ2) is 7.42. The molecule has 7 heteroatoms. The lowest BCUT2D eigenvalue weighted by atomic mass is 9.54. The highest BCUT2D eigenvalue weighted by Gasteiger charge is 2.65. The molecule has 2 aliphatic carbocycles. The lowest BCUT2D eigenvalue weighted by Crippen LogP contribution is -2.69. The van der Waals surface area contributed by atoms with Crippen molar-refractivity contribution >= 4 is 29.9 Å². The monoisotopic (exact) mass is 460 g/mol. The summed E-state index contributed by atoms with van der Waals surface area (Å²) in [6, 6.07) is 0.489. The Balaban J connectivity index is 0.00000182. The van der Waals surface area contributed by atoms with Crippen molar-refractivity contribution in [2.24, 2.45) is 16.3 Å². The zero-order valence-electron chi connectivity index (χ0n) is 15.3. The molecule has 140 valence electrons. The van der Waals surface area contributed by atoms with Crippen LogP contribution in [0.4, 0.5) is 0 Å². The van der Waals surface area contributed by atoms with Gasteiger partial charge in [-0.2, -0.15) is 0 Å². The summed E-state index contributed by atoms with van der Waals surface area (Å²) in [4.78, 5) is 4.44. The Hall–Kier alpha value is -0.830. The van der Waals surface area contributed by atoms with Crippen LogP contribution in [0.1, 0.15) is 49.1 Å². The number of guanidine groups is 1. The molecule has 2 N–H and O–H groups in total. The van der Waals surface area contributed by atoms with E-state index in [1.54, 1.807) is 0 Å². The first-order chi connectivity index (χ1) is 11.7. The lowest BCUT2D eigenvalue weighted by Gasteiger charge is -2.57. The van der Waals surface area contributed by atoms with E-state index in [9.17, 15) is 0 Å². The van der Waals surface area contributed by atoms with Crippen LogP contribution >= 0.6 is 24.0 Å². The molecule has 0 amide bonds. The maximum atomic E-state index is 6.06. The number of hydrogen-bond acceptors (Lipinski definition) is 4. The van der Waals surface area contributed by atoms with Crippen molar-refractivity contribution in [2.45, 2.75) is 64.6 Å². The molecule has 4 rings (SSSR count). The van der Waals surface area contributed by atoms with Crippen molar-refractivity contribution in [3.8, 4) is 0 Å². The third kappa shape index (κ3) is 3.07. The van der Waals surface area contributed by atoms with Gasteiger partial charge in [0.25, 0.3) is 0 Å². The predicted octanol–water partition coefficient (Wildman–Crippen LogP) is 2.92. The van der Waals surface area contributed by atoms with Gasteiger partial charge < -0.3 is 19.9 Å². The fraction of sp³-hybridized carbons (Fsp3) is 0.778. The van der Waals surface area contributed by atoms with Crippen LogP contribution in [0.15, 0.2) is 9.52 Å². The summed E-state index contributed by atoms with van der Waals surface area (Å²) in [6.07, 6.45) is 6.87.